The number of benzene rings is 1. The molecule has 1 atom stereocenters. The Kier molecular flexibility index (Phi) is 4.85. The highest BCUT2D eigenvalue weighted by molar-refractivity contribution is 5.95. The molecule has 1 fully saturated rings. The van der Waals surface area contributed by atoms with Crippen LogP contribution < -0.4 is 5.32 Å². The van der Waals surface area contributed by atoms with Gasteiger partial charge in [-0.25, -0.2) is 14.4 Å². The minimum Gasteiger partial charge on any atom is -0.331 e. The third kappa shape index (κ3) is 3.62. The number of nitrogens with zero attached hydrogens (tertiary/aromatic N) is 4. The first-order chi connectivity index (χ1) is 13.4. The molecule has 3 heterocycles. The van der Waals surface area contributed by atoms with Crippen molar-refractivity contribution in [1.29, 1.82) is 0 Å². The van der Waals surface area contributed by atoms with Crippen molar-refractivity contribution in [2.24, 2.45) is 13.0 Å². The Morgan fingerprint density at radius 1 is 1.25 bits per heavy atom. The summed E-state index contributed by atoms with van der Waals surface area (Å²) in [5.74, 6) is 1.32. The molecule has 1 aliphatic heterocycles. The van der Waals surface area contributed by atoms with Gasteiger partial charge in [0.2, 0.25) is 5.91 Å². The van der Waals surface area contributed by atoms with E-state index in [9.17, 15) is 9.18 Å². The van der Waals surface area contributed by atoms with Gasteiger partial charge >= 0.3 is 0 Å². The lowest BCUT2D eigenvalue weighted by atomic mass is 9.99. The van der Waals surface area contributed by atoms with E-state index in [4.69, 9.17) is 0 Å². The molecule has 6 nitrogen and oxygen atoms in total. The minimum atomic E-state index is -0.872. The van der Waals surface area contributed by atoms with Gasteiger partial charge in [0.05, 0.1) is 17.8 Å². The number of alkyl halides is 1. The molecule has 28 heavy (non-hydrogen) atoms. The number of halogens is 1. The third-order valence-electron chi connectivity index (χ3n) is 5.33. The van der Waals surface area contributed by atoms with Crippen LogP contribution in [-0.2, 0) is 11.8 Å². The topological polar surface area (TPSA) is 63.1 Å². The standard InChI is InChI=1S/C21H24FN5O/c1-13(22)10-27-11-18(12-27)21(28)25-20-7-17-6-15(4-5-16(17)8-24-20)19-9-23-14(2)26(19)3/h4-9,13,18H,10-12H2,1-3H3,(H,24,25,28). The molecule has 2 aromatic heterocycles. The van der Waals surface area contributed by atoms with E-state index in [0.717, 1.165) is 27.9 Å². The predicted molar refractivity (Wildman–Crippen MR) is 108 cm³/mol. The van der Waals surface area contributed by atoms with E-state index in [-0.39, 0.29) is 11.8 Å². The molecule has 1 amide bonds. The monoisotopic (exact) mass is 381 g/mol. The summed E-state index contributed by atoms with van der Waals surface area (Å²) in [7, 11) is 1.99. The number of pyridine rings is 1. The van der Waals surface area contributed by atoms with Gasteiger partial charge in [0.25, 0.3) is 0 Å². The number of likely N-dealkylation sites (tertiary alicyclic amines) is 1. The first-order valence-electron chi connectivity index (χ1n) is 9.46. The Labute approximate surface area is 163 Å². The van der Waals surface area contributed by atoms with E-state index < -0.39 is 6.17 Å². The van der Waals surface area contributed by atoms with Gasteiger partial charge in [0, 0.05) is 43.8 Å². The molecular weight excluding hydrogens is 357 g/mol. The van der Waals surface area contributed by atoms with Crippen molar-refractivity contribution in [2.75, 3.05) is 25.0 Å². The second-order valence-corrected chi connectivity index (χ2v) is 7.57. The van der Waals surface area contributed by atoms with Crippen molar-refractivity contribution < 1.29 is 9.18 Å². The number of amides is 1. The summed E-state index contributed by atoms with van der Waals surface area (Å²) in [5.41, 5.74) is 2.10. The van der Waals surface area contributed by atoms with Gasteiger partial charge < -0.3 is 9.88 Å². The lowest BCUT2D eigenvalue weighted by Gasteiger charge is -2.38. The molecule has 7 heteroatoms. The maximum absolute atomic E-state index is 13.0. The van der Waals surface area contributed by atoms with Gasteiger partial charge in [-0.2, -0.15) is 0 Å². The molecule has 3 aromatic rings. The number of carbonyl (C=O) groups excluding carboxylic acids is 1. The summed E-state index contributed by atoms with van der Waals surface area (Å²) in [6, 6.07) is 8.04. The number of hydrogen-bond acceptors (Lipinski definition) is 4. The molecule has 0 saturated carbocycles. The second-order valence-electron chi connectivity index (χ2n) is 7.57. The number of carbonyl (C=O) groups is 1. The zero-order valence-corrected chi connectivity index (χ0v) is 16.3. The van der Waals surface area contributed by atoms with Crippen LogP contribution in [0.5, 0.6) is 0 Å². The van der Waals surface area contributed by atoms with Gasteiger partial charge in [0.15, 0.2) is 0 Å². The molecule has 4 rings (SSSR count). The van der Waals surface area contributed by atoms with Crippen molar-refractivity contribution in [2.45, 2.75) is 20.0 Å². The Bertz CT molecular complexity index is 1020. The van der Waals surface area contributed by atoms with E-state index in [1.807, 2.05) is 47.8 Å². The average molecular weight is 381 g/mol. The highest BCUT2D eigenvalue weighted by Gasteiger charge is 2.33. The number of fused-ring (bicyclic) bond motifs is 1. The molecule has 0 bridgehead atoms. The van der Waals surface area contributed by atoms with Crippen molar-refractivity contribution in [1.82, 2.24) is 19.4 Å². The molecule has 0 radical (unpaired) electrons. The van der Waals surface area contributed by atoms with Crippen LogP contribution in [0.25, 0.3) is 22.0 Å². The number of hydrogen-bond donors (Lipinski definition) is 1. The van der Waals surface area contributed by atoms with Crippen molar-refractivity contribution >= 4 is 22.5 Å². The highest BCUT2D eigenvalue weighted by atomic mass is 19.1. The van der Waals surface area contributed by atoms with Crippen molar-refractivity contribution in [3.05, 3.63) is 42.5 Å². The first kappa shape index (κ1) is 18.6. The summed E-state index contributed by atoms with van der Waals surface area (Å²) in [6.45, 7) is 5.08. The van der Waals surface area contributed by atoms with Crippen LogP contribution in [0.4, 0.5) is 10.2 Å². The fourth-order valence-electron chi connectivity index (χ4n) is 3.61. The number of aryl methyl sites for hydroxylation is 1. The lowest BCUT2D eigenvalue weighted by Crippen LogP contribution is -2.53. The quantitative estimate of drug-likeness (QED) is 0.737. The van der Waals surface area contributed by atoms with Crippen LogP contribution in [0, 0.1) is 12.8 Å². The van der Waals surface area contributed by atoms with Crippen LogP contribution >= 0.6 is 0 Å². The molecule has 146 valence electrons. The molecule has 1 aromatic carbocycles. The molecule has 1 N–H and O–H groups in total. The lowest BCUT2D eigenvalue weighted by molar-refractivity contribution is -0.125. The number of nitrogens with one attached hydrogen (secondary N) is 1. The summed E-state index contributed by atoms with van der Waals surface area (Å²) >= 11 is 0. The predicted octanol–water partition coefficient (Wildman–Crippen LogP) is 3.17. The molecule has 1 saturated heterocycles. The Morgan fingerprint density at radius 2 is 2.04 bits per heavy atom. The van der Waals surface area contributed by atoms with Crippen LogP contribution in [0.3, 0.4) is 0 Å². The number of rotatable bonds is 5. The SMILES string of the molecule is Cc1ncc(-c2ccc3cnc(NC(=O)C4CN(CC(C)F)C4)cc3c2)n1C. The van der Waals surface area contributed by atoms with Gasteiger partial charge in [-0.3, -0.25) is 9.69 Å². The zero-order valence-electron chi connectivity index (χ0n) is 16.3. The van der Waals surface area contributed by atoms with Crippen molar-refractivity contribution in [3.8, 4) is 11.3 Å². The Morgan fingerprint density at radius 3 is 2.71 bits per heavy atom. The molecule has 0 spiro atoms. The van der Waals surface area contributed by atoms with E-state index in [1.54, 1.807) is 6.20 Å². The van der Waals surface area contributed by atoms with E-state index in [0.29, 0.717) is 25.5 Å². The number of imidazole rings is 1. The number of anilines is 1. The second kappa shape index (κ2) is 7.31. The maximum atomic E-state index is 13.0. The number of aromatic nitrogens is 3. The van der Waals surface area contributed by atoms with Crippen molar-refractivity contribution in [3.63, 3.8) is 0 Å². The molecule has 0 aliphatic carbocycles. The summed E-state index contributed by atoms with van der Waals surface area (Å²) in [4.78, 5) is 23.1. The summed E-state index contributed by atoms with van der Waals surface area (Å²) in [5, 5.41) is 4.91. The van der Waals surface area contributed by atoms with Gasteiger partial charge in [0.1, 0.15) is 17.8 Å². The largest absolute Gasteiger partial charge is 0.331 e. The fourth-order valence-corrected chi connectivity index (χ4v) is 3.61. The highest BCUT2D eigenvalue weighted by Crippen LogP contribution is 2.26. The van der Waals surface area contributed by atoms with Gasteiger partial charge in [-0.1, -0.05) is 12.1 Å². The fraction of sp³-hybridized carbons (Fsp3) is 0.381. The van der Waals surface area contributed by atoms with E-state index in [1.165, 1.54) is 6.92 Å². The Balaban J connectivity index is 1.49. The molecule has 1 aliphatic rings. The van der Waals surface area contributed by atoms with Crippen LogP contribution in [0.2, 0.25) is 0 Å². The normalized spacial score (nSPS) is 16.1. The van der Waals surface area contributed by atoms with Crippen LogP contribution in [0.15, 0.2) is 36.7 Å². The smallest absolute Gasteiger partial charge is 0.231 e. The van der Waals surface area contributed by atoms with Gasteiger partial charge in [-0.15, -0.1) is 0 Å². The van der Waals surface area contributed by atoms with Crippen LogP contribution in [0.1, 0.15) is 12.7 Å². The molecular formula is C21H24FN5O. The Hall–Kier alpha value is -2.80. The van der Waals surface area contributed by atoms with E-state index >= 15 is 0 Å². The zero-order chi connectivity index (χ0) is 19.8. The van der Waals surface area contributed by atoms with Crippen LogP contribution in [-0.4, -0.2) is 51.1 Å². The molecule has 1 unspecified atom stereocenters. The first-order valence-corrected chi connectivity index (χ1v) is 9.46. The van der Waals surface area contributed by atoms with E-state index in [2.05, 4.69) is 21.4 Å². The summed E-state index contributed by atoms with van der Waals surface area (Å²) in [6.07, 6.45) is 2.76. The maximum Gasteiger partial charge on any atom is 0.231 e. The third-order valence-corrected chi connectivity index (χ3v) is 5.33. The minimum absolute atomic E-state index is 0.0620. The summed E-state index contributed by atoms with van der Waals surface area (Å²) < 4.78 is 15.1. The van der Waals surface area contributed by atoms with Gasteiger partial charge in [-0.05, 0) is 31.4 Å². The average Bonchev–Trinajstić information content (AvgIpc) is 2.96.